The van der Waals surface area contributed by atoms with Crippen molar-refractivity contribution in [1.82, 2.24) is 15.0 Å². The molecular formula is C21H20FN3O5. The number of carbonyl (C=O) groups is 2. The highest BCUT2D eigenvalue weighted by atomic mass is 19.1. The van der Waals surface area contributed by atoms with Crippen LogP contribution >= 0.6 is 0 Å². The second-order valence-corrected chi connectivity index (χ2v) is 6.83. The van der Waals surface area contributed by atoms with Crippen LogP contribution < -0.4 is 0 Å². The van der Waals surface area contributed by atoms with Gasteiger partial charge in [-0.15, -0.1) is 0 Å². The number of rotatable bonds is 6. The Morgan fingerprint density at radius 1 is 1.07 bits per heavy atom. The molecule has 1 aromatic carbocycles. The highest BCUT2D eigenvalue weighted by Crippen LogP contribution is 2.21. The number of hydrogen-bond donors (Lipinski definition) is 0. The van der Waals surface area contributed by atoms with Gasteiger partial charge in [0.1, 0.15) is 18.1 Å². The van der Waals surface area contributed by atoms with Gasteiger partial charge in [0.25, 0.3) is 5.91 Å². The van der Waals surface area contributed by atoms with Gasteiger partial charge in [-0.05, 0) is 36.4 Å². The van der Waals surface area contributed by atoms with Crippen molar-refractivity contribution >= 4 is 11.8 Å². The normalized spacial score (nSPS) is 14.2. The molecule has 3 aromatic rings. The second kappa shape index (κ2) is 8.91. The van der Waals surface area contributed by atoms with Crippen molar-refractivity contribution in [1.29, 1.82) is 0 Å². The summed E-state index contributed by atoms with van der Waals surface area (Å²) in [5.74, 6) is 0.142. The van der Waals surface area contributed by atoms with Crippen LogP contribution in [0.25, 0.3) is 11.3 Å². The maximum absolute atomic E-state index is 13.0. The number of carbonyl (C=O) groups excluding carboxylic acids is 2. The van der Waals surface area contributed by atoms with E-state index in [1.165, 1.54) is 18.4 Å². The van der Waals surface area contributed by atoms with Crippen molar-refractivity contribution in [3.8, 4) is 11.3 Å². The van der Waals surface area contributed by atoms with Crippen LogP contribution in [0.5, 0.6) is 0 Å². The Bertz CT molecular complexity index is 992. The van der Waals surface area contributed by atoms with Crippen LogP contribution in [0, 0.1) is 5.82 Å². The minimum absolute atomic E-state index is 0.0924. The summed E-state index contributed by atoms with van der Waals surface area (Å²) in [5, 5.41) is 3.91. The van der Waals surface area contributed by atoms with E-state index in [9.17, 15) is 14.0 Å². The van der Waals surface area contributed by atoms with E-state index in [2.05, 4.69) is 5.16 Å². The highest BCUT2D eigenvalue weighted by Gasteiger charge is 2.26. The Labute approximate surface area is 171 Å². The first kappa shape index (κ1) is 19.8. The van der Waals surface area contributed by atoms with Crippen molar-refractivity contribution in [2.75, 3.05) is 32.8 Å². The minimum Gasteiger partial charge on any atom is -0.459 e. The van der Waals surface area contributed by atoms with Gasteiger partial charge < -0.3 is 23.5 Å². The minimum atomic E-state index is -0.327. The van der Waals surface area contributed by atoms with Gasteiger partial charge in [0.05, 0.1) is 12.9 Å². The zero-order chi connectivity index (χ0) is 20.9. The van der Waals surface area contributed by atoms with E-state index < -0.39 is 0 Å². The first-order valence-corrected chi connectivity index (χ1v) is 9.50. The molecule has 8 nitrogen and oxygen atoms in total. The van der Waals surface area contributed by atoms with Gasteiger partial charge in [0.2, 0.25) is 5.91 Å². The molecule has 0 atom stereocenters. The summed E-state index contributed by atoms with van der Waals surface area (Å²) in [4.78, 5) is 27.9. The Balaban J connectivity index is 1.21. The van der Waals surface area contributed by atoms with Crippen molar-refractivity contribution in [3.63, 3.8) is 0 Å². The lowest BCUT2D eigenvalue weighted by Gasteiger charge is -2.34. The fraction of sp³-hybridized carbons (Fsp3) is 0.286. The summed E-state index contributed by atoms with van der Waals surface area (Å²) in [5.41, 5.74) is 1.24. The molecule has 3 heterocycles. The summed E-state index contributed by atoms with van der Waals surface area (Å²) in [7, 11) is 0. The van der Waals surface area contributed by atoms with Crippen LogP contribution in [0.1, 0.15) is 16.2 Å². The maximum Gasteiger partial charge on any atom is 0.289 e. The number of furan rings is 1. The number of piperazine rings is 1. The van der Waals surface area contributed by atoms with Crippen LogP contribution in [0.2, 0.25) is 0 Å². The number of nitrogens with zero attached hydrogens (tertiary/aromatic N) is 3. The zero-order valence-corrected chi connectivity index (χ0v) is 16.1. The van der Waals surface area contributed by atoms with E-state index in [0.29, 0.717) is 49.0 Å². The topological polar surface area (TPSA) is 89.0 Å². The number of amides is 2. The largest absolute Gasteiger partial charge is 0.459 e. The van der Waals surface area contributed by atoms with Gasteiger partial charge in [-0.25, -0.2) is 4.39 Å². The summed E-state index contributed by atoms with van der Waals surface area (Å²) in [6.07, 6.45) is 1.46. The van der Waals surface area contributed by atoms with Crippen LogP contribution in [0.15, 0.2) is 57.7 Å². The lowest BCUT2D eigenvalue weighted by molar-refractivity contribution is -0.138. The van der Waals surface area contributed by atoms with E-state index in [1.54, 1.807) is 40.1 Å². The predicted molar refractivity (Wildman–Crippen MR) is 103 cm³/mol. The summed E-state index contributed by atoms with van der Waals surface area (Å²) < 4.78 is 28.8. The Hall–Kier alpha value is -3.46. The zero-order valence-electron chi connectivity index (χ0n) is 16.1. The molecule has 1 saturated heterocycles. The van der Waals surface area contributed by atoms with Gasteiger partial charge in [0.15, 0.2) is 11.5 Å². The number of aromatic nitrogens is 1. The maximum atomic E-state index is 13.0. The van der Waals surface area contributed by atoms with Gasteiger partial charge in [0, 0.05) is 37.8 Å². The monoisotopic (exact) mass is 413 g/mol. The smallest absolute Gasteiger partial charge is 0.289 e. The third-order valence-electron chi connectivity index (χ3n) is 4.81. The van der Waals surface area contributed by atoms with Crippen LogP contribution in [-0.2, 0) is 16.1 Å². The third-order valence-corrected chi connectivity index (χ3v) is 4.81. The molecule has 0 radical (unpaired) electrons. The second-order valence-electron chi connectivity index (χ2n) is 6.83. The third kappa shape index (κ3) is 4.57. The molecule has 2 aromatic heterocycles. The van der Waals surface area contributed by atoms with Gasteiger partial charge in [-0.2, -0.15) is 0 Å². The fourth-order valence-electron chi connectivity index (χ4n) is 3.18. The van der Waals surface area contributed by atoms with Crippen LogP contribution in [0.3, 0.4) is 0 Å². The van der Waals surface area contributed by atoms with E-state index in [-0.39, 0.29) is 30.8 Å². The van der Waals surface area contributed by atoms with Crippen LogP contribution in [0.4, 0.5) is 4.39 Å². The molecule has 156 valence electrons. The highest BCUT2D eigenvalue weighted by molar-refractivity contribution is 5.91. The lowest BCUT2D eigenvalue weighted by atomic mass is 10.1. The van der Waals surface area contributed by atoms with E-state index in [4.69, 9.17) is 13.7 Å². The lowest BCUT2D eigenvalue weighted by Crippen LogP contribution is -2.51. The van der Waals surface area contributed by atoms with Gasteiger partial charge in [-0.1, -0.05) is 5.16 Å². The summed E-state index contributed by atoms with van der Waals surface area (Å²) >= 11 is 0. The quantitative estimate of drug-likeness (QED) is 0.617. The molecule has 1 fully saturated rings. The van der Waals surface area contributed by atoms with Crippen LogP contribution in [-0.4, -0.2) is 59.6 Å². The fourth-order valence-corrected chi connectivity index (χ4v) is 3.18. The molecule has 0 bridgehead atoms. The molecule has 30 heavy (non-hydrogen) atoms. The Kier molecular flexibility index (Phi) is 5.89. The average molecular weight is 413 g/mol. The molecule has 0 spiro atoms. The summed E-state index contributed by atoms with van der Waals surface area (Å²) in [6.45, 7) is 1.78. The molecule has 0 N–H and O–H groups in total. The molecule has 1 aliphatic heterocycles. The molecule has 4 rings (SSSR count). The summed E-state index contributed by atoms with van der Waals surface area (Å²) in [6, 6.07) is 10.9. The van der Waals surface area contributed by atoms with Gasteiger partial charge in [-0.3, -0.25) is 9.59 Å². The molecule has 0 unspecified atom stereocenters. The van der Waals surface area contributed by atoms with Crippen molar-refractivity contribution in [2.24, 2.45) is 0 Å². The molecule has 2 amide bonds. The molecular weight excluding hydrogens is 393 g/mol. The first-order valence-electron chi connectivity index (χ1n) is 9.50. The number of hydrogen-bond acceptors (Lipinski definition) is 6. The number of ether oxygens (including phenoxy) is 1. The molecule has 9 heteroatoms. The van der Waals surface area contributed by atoms with E-state index >= 15 is 0 Å². The van der Waals surface area contributed by atoms with Crippen molar-refractivity contribution in [3.05, 3.63) is 66.0 Å². The van der Waals surface area contributed by atoms with Gasteiger partial charge >= 0.3 is 0 Å². The van der Waals surface area contributed by atoms with Crippen molar-refractivity contribution < 1.29 is 27.7 Å². The number of halogens is 1. The average Bonchev–Trinajstić information content (AvgIpc) is 3.46. The first-order chi connectivity index (χ1) is 14.6. The molecule has 1 aliphatic rings. The number of benzene rings is 1. The standard InChI is InChI=1S/C21H20FN3O5/c22-16-5-3-15(4-6-16)19-12-17(23-30-19)13-28-14-20(26)24-7-9-25(10-8-24)21(27)18-2-1-11-29-18/h1-6,11-12H,7-10,13-14H2. The van der Waals surface area contributed by atoms with Crippen molar-refractivity contribution in [2.45, 2.75) is 6.61 Å². The molecule has 0 aliphatic carbocycles. The molecule has 0 saturated carbocycles. The van der Waals surface area contributed by atoms with E-state index in [1.807, 2.05) is 0 Å². The predicted octanol–water partition coefficient (Wildman–Crippen LogP) is 2.57. The Morgan fingerprint density at radius 3 is 2.50 bits per heavy atom. The SMILES string of the molecule is O=C(COCc1cc(-c2ccc(F)cc2)on1)N1CCN(C(=O)c2ccco2)CC1. The van der Waals surface area contributed by atoms with E-state index in [0.717, 1.165) is 0 Å². The Morgan fingerprint density at radius 2 is 1.80 bits per heavy atom.